The summed E-state index contributed by atoms with van der Waals surface area (Å²) < 4.78 is 0. The van der Waals surface area contributed by atoms with E-state index in [-0.39, 0.29) is 0 Å². The number of nitrogens with zero attached hydrogens (tertiary/aromatic N) is 1. The molecule has 2 atom stereocenters. The Labute approximate surface area is 101 Å². The normalized spacial score (nSPS) is 28.3. The van der Waals surface area contributed by atoms with E-state index in [4.69, 9.17) is 0 Å². The van der Waals surface area contributed by atoms with Crippen molar-refractivity contribution in [2.24, 2.45) is 5.92 Å². The second kappa shape index (κ2) is 6.02. The van der Waals surface area contributed by atoms with Gasteiger partial charge < -0.3 is 5.32 Å². The molecule has 0 aromatic carbocycles. The molecule has 1 saturated heterocycles. The molecule has 2 aliphatic rings. The van der Waals surface area contributed by atoms with Crippen molar-refractivity contribution < 1.29 is 0 Å². The lowest BCUT2D eigenvalue weighted by molar-refractivity contribution is 0.0956. The lowest BCUT2D eigenvalue weighted by atomic mass is 9.99. The standard InChI is InChI=1S/C14H28N2/c1-3-10-16(13-6-5-9-15-11-13)14(4-2)12-7-8-12/h12-15H,3-11H2,1-2H3. The summed E-state index contributed by atoms with van der Waals surface area (Å²) in [6, 6.07) is 1.70. The van der Waals surface area contributed by atoms with Crippen LogP contribution in [0.1, 0.15) is 52.4 Å². The second-order valence-electron chi connectivity index (χ2n) is 5.55. The lowest BCUT2D eigenvalue weighted by Gasteiger charge is -2.40. The van der Waals surface area contributed by atoms with Crippen LogP contribution in [0.25, 0.3) is 0 Å². The quantitative estimate of drug-likeness (QED) is 0.746. The molecule has 1 N–H and O–H groups in total. The Morgan fingerprint density at radius 1 is 1.25 bits per heavy atom. The minimum absolute atomic E-state index is 0.819. The maximum absolute atomic E-state index is 3.57. The molecular weight excluding hydrogens is 196 g/mol. The van der Waals surface area contributed by atoms with Crippen LogP contribution in [0, 0.1) is 5.92 Å². The van der Waals surface area contributed by atoms with E-state index in [1.54, 1.807) is 0 Å². The Balaban J connectivity index is 1.95. The van der Waals surface area contributed by atoms with Crippen molar-refractivity contribution in [1.29, 1.82) is 0 Å². The van der Waals surface area contributed by atoms with Gasteiger partial charge in [-0.2, -0.15) is 0 Å². The minimum Gasteiger partial charge on any atom is -0.315 e. The van der Waals surface area contributed by atoms with Gasteiger partial charge in [0.15, 0.2) is 0 Å². The van der Waals surface area contributed by atoms with Crippen molar-refractivity contribution in [2.45, 2.75) is 64.5 Å². The van der Waals surface area contributed by atoms with Gasteiger partial charge in [-0.15, -0.1) is 0 Å². The van der Waals surface area contributed by atoms with Crippen molar-refractivity contribution in [1.82, 2.24) is 10.2 Å². The molecule has 0 aromatic heterocycles. The van der Waals surface area contributed by atoms with Crippen molar-refractivity contribution in [3.63, 3.8) is 0 Å². The van der Waals surface area contributed by atoms with Gasteiger partial charge in [-0.3, -0.25) is 4.90 Å². The van der Waals surface area contributed by atoms with E-state index in [1.165, 1.54) is 58.2 Å². The first-order valence-electron chi connectivity index (χ1n) is 7.33. The fourth-order valence-electron chi connectivity index (χ4n) is 3.31. The zero-order valence-corrected chi connectivity index (χ0v) is 11.0. The molecule has 1 aliphatic carbocycles. The maximum atomic E-state index is 3.57. The van der Waals surface area contributed by atoms with E-state index in [1.807, 2.05) is 0 Å². The molecule has 0 aromatic rings. The van der Waals surface area contributed by atoms with Crippen LogP contribution >= 0.6 is 0 Å². The molecule has 16 heavy (non-hydrogen) atoms. The first kappa shape index (κ1) is 12.4. The first-order chi connectivity index (χ1) is 7.86. The lowest BCUT2D eigenvalue weighted by Crippen LogP contribution is -2.51. The van der Waals surface area contributed by atoms with Crippen LogP contribution < -0.4 is 5.32 Å². The highest BCUT2D eigenvalue weighted by Gasteiger charge is 2.36. The van der Waals surface area contributed by atoms with Crippen molar-refractivity contribution in [3.8, 4) is 0 Å². The summed E-state index contributed by atoms with van der Waals surface area (Å²) >= 11 is 0. The van der Waals surface area contributed by atoms with Crippen molar-refractivity contribution in [3.05, 3.63) is 0 Å². The summed E-state index contributed by atoms with van der Waals surface area (Å²) in [5, 5.41) is 3.57. The Hall–Kier alpha value is -0.0800. The first-order valence-corrected chi connectivity index (χ1v) is 7.33. The summed E-state index contributed by atoms with van der Waals surface area (Å²) in [6.45, 7) is 8.46. The number of rotatable bonds is 6. The Kier molecular flexibility index (Phi) is 4.66. The average molecular weight is 224 g/mol. The molecule has 2 rings (SSSR count). The molecular formula is C14H28N2. The molecule has 1 heterocycles. The third-order valence-electron chi connectivity index (χ3n) is 4.23. The molecule has 0 amide bonds. The van der Waals surface area contributed by atoms with Crippen LogP contribution in [0.2, 0.25) is 0 Å². The molecule has 2 nitrogen and oxygen atoms in total. The predicted molar refractivity (Wildman–Crippen MR) is 69.7 cm³/mol. The van der Waals surface area contributed by atoms with Gasteiger partial charge in [-0.05, 0) is 57.5 Å². The smallest absolute Gasteiger partial charge is 0.0224 e. The van der Waals surface area contributed by atoms with Crippen molar-refractivity contribution in [2.75, 3.05) is 19.6 Å². The summed E-state index contributed by atoms with van der Waals surface area (Å²) in [4.78, 5) is 2.84. The molecule has 94 valence electrons. The molecule has 1 aliphatic heterocycles. The minimum atomic E-state index is 0.819. The summed E-state index contributed by atoms with van der Waals surface area (Å²) in [6.07, 6.45) is 8.40. The van der Waals surface area contributed by atoms with Crippen LogP contribution in [-0.4, -0.2) is 36.6 Å². The Morgan fingerprint density at radius 2 is 2.06 bits per heavy atom. The number of nitrogens with one attached hydrogen (secondary N) is 1. The fourth-order valence-corrected chi connectivity index (χ4v) is 3.31. The molecule has 1 saturated carbocycles. The molecule has 2 fully saturated rings. The van der Waals surface area contributed by atoms with Crippen LogP contribution in [-0.2, 0) is 0 Å². The van der Waals surface area contributed by atoms with Gasteiger partial charge in [0.05, 0.1) is 0 Å². The maximum Gasteiger partial charge on any atom is 0.0224 e. The summed E-state index contributed by atoms with van der Waals surface area (Å²) in [5.41, 5.74) is 0. The van der Waals surface area contributed by atoms with E-state index in [0.717, 1.165) is 18.0 Å². The molecule has 0 spiro atoms. The monoisotopic (exact) mass is 224 g/mol. The van der Waals surface area contributed by atoms with Gasteiger partial charge in [0.25, 0.3) is 0 Å². The van der Waals surface area contributed by atoms with E-state index >= 15 is 0 Å². The van der Waals surface area contributed by atoms with Crippen LogP contribution in [0.15, 0.2) is 0 Å². The predicted octanol–water partition coefficient (Wildman–Crippen LogP) is 2.64. The van der Waals surface area contributed by atoms with Crippen LogP contribution in [0.3, 0.4) is 0 Å². The fraction of sp³-hybridized carbons (Fsp3) is 1.00. The number of hydrogen-bond acceptors (Lipinski definition) is 2. The van der Waals surface area contributed by atoms with Gasteiger partial charge in [0.2, 0.25) is 0 Å². The highest BCUT2D eigenvalue weighted by Crippen LogP contribution is 2.38. The van der Waals surface area contributed by atoms with Gasteiger partial charge >= 0.3 is 0 Å². The Bertz CT molecular complexity index is 195. The largest absolute Gasteiger partial charge is 0.315 e. The SMILES string of the molecule is CCCN(C1CCCNC1)C(CC)C1CC1. The third kappa shape index (κ3) is 2.98. The van der Waals surface area contributed by atoms with E-state index in [2.05, 4.69) is 24.1 Å². The van der Waals surface area contributed by atoms with Gasteiger partial charge in [-0.25, -0.2) is 0 Å². The van der Waals surface area contributed by atoms with E-state index in [0.29, 0.717) is 0 Å². The second-order valence-corrected chi connectivity index (χ2v) is 5.55. The molecule has 0 bridgehead atoms. The summed E-state index contributed by atoms with van der Waals surface area (Å²) in [7, 11) is 0. The molecule has 2 heteroatoms. The number of piperidine rings is 1. The third-order valence-corrected chi connectivity index (χ3v) is 4.23. The Morgan fingerprint density at radius 3 is 2.56 bits per heavy atom. The van der Waals surface area contributed by atoms with Gasteiger partial charge in [0, 0.05) is 18.6 Å². The summed E-state index contributed by atoms with van der Waals surface area (Å²) in [5.74, 6) is 1.03. The van der Waals surface area contributed by atoms with Gasteiger partial charge in [-0.1, -0.05) is 13.8 Å². The number of hydrogen-bond donors (Lipinski definition) is 1. The van der Waals surface area contributed by atoms with Crippen LogP contribution in [0.5, 0.6) is 0 Å². The topological polar surface area (TPSA) is 15.3 Å². The van der Waals surface area contributed by atoms with Crippen LogP contribution in [0.4, 0.5) is 0 Å². The molecule has 2 unspecified atom stereocenters. The zero-order valence-electron chi connectivity index (χ0n) is 11.0. The van der Waals surface area contributed by atoms with Crippen molar-refractivity contribution >= 4 is 0 Å². The average Bonchev–Trinajstić information content (AvgIpc) is 3.15. The van der Waals surface area contributed by atoms with Gasteiger partial charge in [0.1, 0.15) is 0 Å². The highest BCUT2D eigenvalue weighted by molar-refractivity contribution is 4.91. The molecule has 0 radical (unpaired) electrons. The van der Waals surface area contributed by atoms with E-state index in [9.17, 15) is 0 Å². The zero-order chi connectivity index (χ0) is 11.4. The van der Waals surface area contributed by atoms with E-state index < -0.39 is 0 Å². The highest BCUT2D eigenvalue weighted by atomic mass is 15.2.